The summed E-state index contributed by atoms with van der Waals surface area (Å²) in [5.41, 5.74) is 1.60. The zero-order chi connectivity index (χ0) is 18.1. The molecule has 2 aromatic carbocycles. The number of amides is 2. The van der Waals surface area contributed by atoms with E-state index >= 15 is 0 Å². The Kier molecular flexibility index (Phi) is 4.90. The third kappa shape index (κ3) is 3.44. The lowest BCUT2D eigenvalue weighted by molar-refractivity contribution is -0.124. The molecule has 1 saturated heterocycles. The summed E-state index contributed by atoms with van der Waals surface area (Å²) in [6.45, 7) is 4.12. The van der Waals surface area contributed by atoms with E-state index in [1.54, 1.807) is 60.0 Å². The smallest absolute Gasteiger partial charge is 0.254 e. The lowest BCUT2D eigenvalue weighted by Crippen LogP contribution is -2.57. The molecule has 1 aliphatic heterocycles. The summed E-state index contributed by atoms with van der Waals surface area (Å²) in [5.74, 6) is -0.727. The molecule has 1 unspecified atom stereocenters. The molecule has 1 fully saturated rings. The second kappa shape index (κ2) is 6.96. The third-order valence-electron chi connectivity index (χ3n) is 4.47. The largest absolute Gasteiger partial charge is 0.325 e. The lowest BCUT2D eigenvalue weighted by Gasteiger charge is -2.39. The summed E-state index contributed by atoms with van der Waals surface area (Å²) in [4.78, 5) is 28.5. The Morgan fingerprint density at radius 2 is 1.84 bits per heavy atom. The number of anilines is 1. The first-order valence-corrected chi connectivity index (χ1v) is 8.82. The van der Waals surface area contributed by atoms with Gasteiger partial charge in [-0.1, -0.05) is 22.0 Å². The summed E-state index contributed by atoms with van der Waals surface area (Å²) in [6, 6.07) is 11.2. The molecule has 1 aliphatic rings. The molecule has 0 spiro atoms. The van der Waals surface area contributed by atoms with E-state index in [-0.39, 0.29) is 17.6 Å². The fourth-order valence-electron chi connectivity index (χ4n) is 2.91. The van der Waals surface area contributed by atoms with Gasteiger partial charge in [-0.25, -0.2) is 4.39 Å². The van der Waals surface area contributed by atoms with Gasteiger partial charge in [0.05, 0.1) is 0 Å². The molecule has 4 nitrogen and oxygen atoms in total. The Bertz CT molecular complexity index is 823. The van der Waals surface area contributed by atoms with Gasteiger partial charge in [0.15, 0.2) is 0 Å². The van der Waals surface area contributed by atoms with Gasteiger partial charge in [0.1, 0.15) is 11.9 Å². The number of aryl methyl sites for hydroxylation is 1. The third-order valence-corrected chi connectivity index (χ3v) is 5.00. The van der Waals surface area contributed by atoms with E-state index in [1.807, 2.05) is 0 Å². The van der Waals surface area contributed by atoms with E-state index in [0.29, 0.717) is 29.9 Å². The molecule has 6 heteroatoms. The molecule has 3 rings (SSSR count). The van der Waals surface area contributed by atoms with Crippen LogP contribution in [0.15, 0.2) is 46.9 Å². The highest BCUT2D eigenvalue weighted by Crippen LogP contribution is 2.24. The summed E-state index contributed by atoms with van der Waals surface area (Å²) >= 11 is 3.34. The molecule has 2 aromatic rings. The van der Waals surface area contributed by atoms with Crippen LogP contribution in [0, 0.1) is 12.7 Å². The minimum atomic E-state index is -0.603. The molecule has 0 aliphatic carbocycles. The molecule has 0 radical (unpaired) electrons. The van der Waals surface area contributed by atoms with Crippen molar-refractivity contribution in [1.82, 2.24) is 4.90 Å². The highest BCUT2D eigenvalue weighted by Gasteiger charge is 2.35. The molecule has 0 aromatic heterocycles. The molecule has 2 amide bonds. The first-order chi connectivity index (χ1) is 11.9. The highest BCUT2D eigenvalue weighted by molar-refractivity contribution is 9.10. The van der Waals surface area contributed by atoms with Gasteiger partial charge >= 0.3 is 0 Å². The van der Waals surface area contributed by atoms with Crippen LogP contribution in [0.5, 0.6) is 0 Å². The van der Waals surface area contributed by atoms with Crippen molar-refractivity contribution in [2.24, 2.45) is 0 Å². The van der Waals surface area contributed by atoms with Crippen LogP contribution in [0.25, 0.3) is 0 Å². The van der Waals surface area contributed by atoms with E-state index in [9.17, 15) is 14.0 Å². The first kappa shape index (κ1) is 17.6. The van der Waals surface area contributed by atoms with Gasteiger partial charge in [0.2, 0.25) is 5.91 Å². The van der Waals surface area contributed by atoms with Crippen LogP contribution in [0.1, 0.15) is 22.8 Å². The Labute approximate surface area is 154 Å². The molecule has 130 valence electrons. The second-order valence-electron chi connectivity index (χ2n) is 6.10. The molecule has 1 heterocycles. The average molecular weight is 405 g/mol. The van der Waals surface area contributed by atoms with Crippen LogP contribution in [0.4, 0.5) is 10.1 Å². The summed E-state index contributed by atoms with van der Waals surface area (Å²) in [6.07, 6.45) is 0. The van der Waals surface area contributed by atoms with Crippen molar-refractivity contribution in [1.29, 1.82) is 0 Å². The monoisotopic (exact) mass is 404 g/mol. The van der Waals surface area contributed by atoms with Crippen LogP contribution in [-0.4, -0.2) is 35.8 Å². The number of hydrogen-bond acceptors (Lipinski definition) is 2. The van der Waals surface area contributed by atoms with Crippen molar-refractivity contribution in [2.75, 3.05) is 18.0 Å². The predicted octanol–water partition coefficient (Wildman–Crippen LogP) is 3.77. The lowest BCUT2D eigenvalue weighted by atomic mass is 10.1. The van der Waals surface area contributed by atoms with Gasteiger partial charge in [0.25, 0.3) is 5.91 Å². The number of rotatable bonds is 2. The Hall–Kier alpha value is -2.21. The topological polar surface area (TPSA) is 40.6 Å². The molecule has 0 N–H and O–H groups in total. The molecule has 1 atom stereocenters. The van der Waals surface area contributed by atoms with Gasteiger partial charge in [-0.3, -0.25) is 9.59 Å². The SMILES string of the molecule is Cc1ccc(N2CCN(C(=O)c3ccc(Br)cc3)C(C)C2=O)cc1F. The van der Waals surface area contributed by atoms with Crippen LogP contribution in [-0.2, 0) is 4.79 Å². The van der Waals surface area contributed by atoms with Crippen molar-refractivity contribution >= 4 is 33.4 Å². The summed E-state index contributed by atoms with van der Waals surface area (Å²) in [5, 5.41) is 0. The van der Waals surface area contributed by atoms with Gasteiger partial charge in [-0.05, 0) is 55.8 Å². The summed E-state index contributed by atoms with van der Waals surface area (Å²) in [7, 11) is 0. The quantitative estimate of drug-likeness (QED) is 0.763. The normalized spacial score (nSPS) is 17.8. The van der Waals surface area contributed by atoms with Crippen LogP contribution >= 0.6 is 15.9 Å². The molecule has 0 saturated carbocycles. The minimum absolute atomic E-state index is 0.178. The number of piperazine rings is 1. The van der Waals surface area contributed by atoms with Crippen LogP contribution in [0.2, 0.25) is 0 Å². The summed E-state index contributed by atoms with van der Waals surface area (Å²) < 4.78 is 14.7. The van der Waals surface area contributed by atoms with Gasteiger partial charge in [-0.2, -0.15) is 0 Å². The molecule has 0 bridgehead atoms. The van der Waals surface area contributed by atoms with Crippen molar-refractivity contribution in [3.05, 3.63) is 63.9 Å². The second-order valence-corrected chi connectivity index (χ2v) is 7.02. The fraction of sp³-hybridized carbons (Fsp3) is 0.263. The zero-order valence-electron chi connectivity index (χ0n) is 14.0. The number of halogens is 2. The van der Waals surface area contributed by atoms with Crippen molar-refractivity contribution < 1.29 is 14.0 Å². The van der Waals surface area contributed by atoms with E-state index < -0.39 is 6.04 Å². The van der Waals surface area contributed by atoms with Gasteiger partial charge < -0.3 is 9.80 Å². The predicted molar refractivity (Wildman–Crippen MR) is 98.1 cm³/mol. The maximum absolute atomic E-state index is 13.8. The average Bonchev–Trinajstić information content (AvgIpc) is 2.60. The maximum Gasteiger partial charge on any atom is 0.254 e. The van der Waals surface area contributed by atoms with Crippen molar-refractivity contribution in [3.8, 4) is 0 Å². The van der Waals surface area contributed by atoms with Crippen LogP contribution in [0.3, 0.4) is 0 Å². The van der Waals surface area contributed by atoms with E-state index in [0.717, 1.165) is 4.47 Å². The molecule has 25 heavy (non-hydrogen) atoms. The van der Waals surface area contributed by atoms with Gasteiger partial charge in [-0.15, -0.1) is 0 Å². The Morgan fingerprint density at radius 1 is 1.16 bits per heavy atom. The van der Waals surface area contributed by atoms with E-state index in [1.165, 1.54) is 6.07 Å². The van der Waals surface area contributed by atoms with Crippen molar-refractivity contribution in [3.63, 3.8) is 0 Å². The molecular formula is C19H18BrFN2O2. The minimum Gasteiger partial charge on any atom is -0.325 e. The zero-order valence-corrected chi connectivity index (χ0v) is 15.6. The van der Waals surface area contributed by atoms with Crippen molar-refractivity contribution in [2.45, 2.75) is 19.9 Å². The number of benzene rings is 2. The number of nitrogens with zero attached hydrogens (tertiary/aromatic N) is 2. The Morgan fingerprint density at radius 3 is 2.48 bits per heavy atom. The van der Waals surface area contributed by atoms with E-state index in [2.05, 4.69) is 15.9 Å². The number of carbonyl (C=O) groups is 2. The standard InChI is InChI=1S/C19H18BrFN2O2/c1-12-3-8-16(11-17(12)21)23-10-9-22(13(2)18(23)24)19(25)14-4-6-15(20)7-5-14/h3-8,11,13H,9-10H2,1-2H3. The van der Waals surface area contributed by atoms with Gasteiger partial charge in [0, 0.05) is 28.8 Å². The van der Waals surface area contributed by atoms with Crippen LogP contribution < -0.4 is 4.90 Å². The Balaban J connectivity index is 1.80. The first-order valence-electron chi connectivity index (χ1n) is 8.02. The highest BCUT2D eigenvalue weighted by atomic mass is 79.9. The maximum atomic E-state index is 13.8. The molecular weight excluding hydrogens is 387 g/mol. The number of hydrogen-bond donors (Lipinski definition) is 0. The fourth-order valence-corrected chi connectivity index (χ4v) is 3.18. The number of carbonyl (C=O) groups excluding carboxylic acids is 2. The van der Waals surface area contributed by atoms with E-state index in [4.69, 9.17) is 0 Å².